The summed E-state index contributed by atoms with van der Waals surface area (Å²) >= 11 is 0. The van der Waals surface area contributed by atoms with Gasteiger partial charge in [-0.2, -0.15) is 0 Å². The van der Waals surface area contributed by atoms with Crippen LogP contribution in [0.25, 0.3) is 10.9 Å². The van der Waals surface area contributed by atoms with Gasteiger partial charge in [-0.15, -0.1) is 0 Å². The summed E-state index contributed by atoms with van der Waals surface area (Å²) in [5, 5.41) is 10.8. The minimum Gasteiger partial charge on any atom is -0.388 e. The van der Waals surface area contributed by atoms with Crippen molar-refractivity contribution in [2.75, 3.05) is 6.54 Å². The maximum absolute atomic E-state index is 9.76. The Morgan fingerprint density at radius 3 is 2.93 bits per heavy atom. The lowest BCUT2D eigenvalue weighted by Crippen LogP contribution is -2.06. The maximum Gasteiger partial charge on any atom is 0.0817 e. The number of nitrogens with zero attached hydrogens (tertiary/aromatic N) is 1. The van der Waals surface area contributed by atoms with Gasteiger partial charge < -0.3 is 10.8 Å². The Hall–Kier alpha value is -1.45. The van der Waals surface area contributed by atoms with Crippen LogP contribution in [-0.2, 0) is 0 Å². The summed E-state index contributed by atoms with van der Waals surface area (Å²) in [4.78, 5) is 4.28. The number of benzene rings is 1. The lowest BCUT2D eigenvalue weighted by molar-refractivity contribution is 0.170. The number of fused-ring (bicyclic) bond motifs is 1. The van der Waals surface area contributed by atoms with Crippen LogP contribution in [0.5, 0.6) is 0 Å². The topological polar surface area (TPSA) is 59.1 Å². The Labute approximate surface area is 88.6 Å². The molecule has 2 aromatic rings. The van der Waals surface area contributed by atoms with Gasteiger partial charge in [0.1, 0.15) is 0 Å². The van der Waals surface area contributed by atoms with Crippen LogP contribution in [0.15, 0.2) is 36.5 Å². The number of nitrogens with two attached hydrogens (primary N) is 1. The molecule has 0 amide bonds. The van der Waals surface area contributed by atoms with E-state index < -0.39 is 6.10 Å². The minimum atomic E-state index is -0.507. The molecule has 1 aromatic carbocycles. The summed E-state index contributed by atoms with van der Waals surface area (Å²) < 4.78 is 0. The molecule has 0 radical (unpaired) electrons. The molecule has 0 spiro atoms. The van der Waals surface area contributed by atoms with E-state index in [0.29, 0.717) is 13.0 Å². The summed E-state index contributed by atoms with van der Waals surface area (Å²) in [6.45, 7) is 0.480. The predicted octanol–water partition coefficient (Wildman–Crippen LogP) is 1.62. The Kier molecular flexibility index (Phi) is 2.94. The van der Waals surface area contributed by atoms with E-state index in [1.165, 1.54) is 0 Å². The number of aliphatic hydroxyl groups is 1. The molecular formula is C12H14N2O. The molecule has 3 nitrogen and oxygen atoms in total. The van der Waals surface area contributed by atoms with E-state index in [2.05, 4.69) is 4.98 Å². The Morgan fingerprint density at radius 2 is 2.13 bits per heavy atom. The van der Waals surface area contributed by atoms with Crippen molar-refractivity contribution in [1.29, 1.82) is 0 Å². The standard InChI is InChI=1S/C12H14N2O/c13-6-5-12(15)10-7-9-3-1-2-4-11(9)14-8-10/h1-4,7-8,12,15H,5-6,13H2. The Balaban J connectivity index is 2.38. The predicted molar refractivity (Wildman–Crippen MR) is 60.4 cm³/mol. The highest BCUT2D eigenvalue weighted by Gasteiger charge is 2.07. The van der Waals surface area contributed by atoms with Gasteiger partial charge in [0.2, 0.25) is 0 Å². The molecule has 15 heavy (non-hydrogen) atoms. The third kappa shape index (κ3) is 2.14. The second-order valence-electron chi connectivity index (χ2n) is 3.55. The molecule has 0 saturated carbocycles. The molecule has 0 fully saturated rings. The molecular weight excluding hydrogens is 188 g/mol. The van der Waals surface area contributed by atoms with Crippen molar-refractivity contribution in [1.82, 2.24) is 4.98 Å². The molecule has 1 aromatic heterocycles. The van der Waals surface area contributed by atoms with Gasteiger partial charge in [-0.3, -0.25) is 4.98 Å². The highest BCUT2D eigenvalue weighted by Crippen LogP contribution is 2.19. The molecule has 1 atom stereocenters. The van der Waals surface area contributed by atoms with E-state index in [1.54, 1.807) is 6.20 Å². The average molecular weight is 202 g/mol. The zero-order valence-corrected chi connectivity index (χ0v) is 8.43. The quantitative estimate of drug-likeness (QED) is 0.795. The second-order valence-corrected chi connectivity index (χ2v) is 3.55. The first kappa shape index (κ1) is 10.1. The van der Waals surface area contributed by atoms with E-state index in [1.807, 2.05) is 30.3 Å². The van der Waals surface area contributed by atoms with Gasteiger partial charge >= 0.3 is 0 Å². The first-order chi connectivity index (χ1) is 7.31. The molecule has 0 aliphatic rings. The Morgan fingerprint density at radius 1 is 1.33 bits per heavy atom. The van der Waals surface area contributed by atoms with Gasteiger partial charge in [-0.1, -0.05) is 18.2 Å². The fourth-order valence-electron chi connectivity index (χ4n) is 1.59. The summed E-state index contributed by atoms with van der Waals surface area (Å²) in [6, 6.07) is 9.81. The molecule has 3 N–H and O–H groups in total. The van der Waals surface area contributed by atoms with Crippen molar-refractivity contribution < 1.29 is 5.11 Å². The van der Waals surface area contributed by atoms with Crippen LogP contribution in [0.3, 0.4) is 0 Å². The summed E-state index contributed by atoms with van der Waals surface area (Å²) in [5.74, 6) is 0. The number of rotatable bonds is 3. The SMILES string of the molecule is NCCC(O)c1cnc2ccccc2c1. The van der Waals surface area contributed by atoms with Crippen LogP contribution in [0.1, 0.15) is 18.1 Å². The van der Waals surface area contributed by atoms with Gasteiger partial charge in [0, 0.05) is 11.6 Å². The summed E-state index contributed by atoms with van der Waals surface area (Å²) in [7, 11) is 0. The second kappa shape index (κ2) is 4.38. The molecule has 78 valence electrons. The van der Waals surface area contributed by atoms with Crippen molar-refractivity contribution in [2.45, 2.75) is 12.5 Å². The lowest BCUT2D eigenvalue weighted by Gasteiger charge is -2.09. The molecule has 1 unspecified atom stereocenters. The zero-order valence-electron chi connectivity index (χ0n) is 8.43. The molecule has 2 rings (SSSR count). The summed E-state index contributed by atoms with van der Waals surface area (Å²) in [5.41, 5.74) is 7.18. The molecule has 0 bridgehead atoms. The molecule has 0 aliphatic carbocycles. The third-order valence-electron chi connectivity index (χ3n) is 2.44. The van der Waals surface area contributed by atoms with Crippen molar-refractivity contribution in [2.24, 2.45) is 5.73 Å². The Bertz CT molecular complexity index is 456. The van der Waals surface area contributed by atoms with E-state index in [9.17, 15) is 5.11 Å². The highest BCUT2D eigenvalue weighted by molar-refractivity contribution is 5.78. The van der Waals surface area contributed by atoms with Crippen molar-refractivity contribution in [3.05, 3.63) is 42.1 Å². The largest absolute Gasteiger partial charge is 0.388 e. The van der Waals surface area contributed by atoms with Gasteiger partial charge in [-0.05, 0) is 30.7 Å². The number of aromatic nitrogens is 1. The van der Waals surface area contributed by atoms with Crippen LogP contribution < -0.4 is 5.73 Å². The molecule has 3 heteroatoms. The molecule has 1 heterocycles. The van der Waals surface area contributed by atoms with Crippen molar-refractivity contribution in [3.63, 3.8) is 0 Å². The van der Waals surface area contributed by atoms with Gasteiger partial charge in [0.05, 0.1) is 11.6 Å². The van der Waals surface area contributed by atoms with E-state index >= 15 is 0 Å². The maximum atomic E-state index is 9.76. The number of hydrogen-bond donors (Lipinski definition) is 2. The van der Waals surface area contributed by atoms with Crippen molar-refractivity contribution >= 4 is 10.9 Å². The van der Waals surface area contributed by atoms with Crippen LogP contribution >= 0.6 is 0 Å². The van der Waals surface area contributed by atoms with Gasteiger partial charge in [0.15, 0.2) is 0 Å². The highest BCUT2D eigenvalue weighted by atomic mass is 16.3. The van der Waals surface area contributed by atoms with E-state index in [0.717, 1.165) is 16.5 Å². The smallest absolute Gasteiger partial charge is 0.0817 e. The molecule has 0 aliphatic heterocycles. The number of hydrogen-bond acceptors (Lipinski definition) is 3. The normalized spacial score (nSPS) is 12.9. The lowest BCUT2D eigenvalue weighted by atomic mass is 10.1. The fourth-order valence-corrected chi connectivity index (χ4v) is 1.59. The summed E-state index contributed by atoms with van der Waals surface area (Å²) in [6.07, 6.45) is 1.77. The van der Waals surface area contributed by atoms with Gasteiger partial charge in [0.25, 0.3) is 0 Å². The fraction of sp³-hybridized carbons (Fsp3) is 0.250. The van der Waals surface area contributed by atoms with Gasteiger partial charge in [-0.25, -0.2) is 0 Å². The van der Waals surface area contributed by atoms with Crippen LogP contribution in [0, 0.1) is 0 Å². The zero-order chi connectivity index (χ0) is 10.7. The number of aliphatic hydroxyl groups excluding tert-OH is 1. The van der Waals surface area contributed by atoms with E-state index in [-0.39, 0.29) is 0 Å². The van der Waals surface area contributed by atoms with Crippen LogP contribution in [0.2, 0.25) is 0 Å². The third-order valence-corrected chi connectivity index (χ3v) is 2.44. The molecule has 0 saturated heterocycles. The first-order valence-corrected chi connectivity index (χ1v) is 5.04. The van der Waals surface area contributed by atoms with Crippen LogP contribution in [0.4, 0.5) is 0 Å². The van der Waals surface area contributed by atoms with Crippen LogP contribution in [-0.4, -0.2) is 16.6 Å². The number of pyridine rings is 1. The average Bonchev–Trinajstić information content (AvgIpc) is 2.29. The minimum absolute atomic E-state index is 0.480. The van der Waals surface area contributed by atoms with Crippen molar-refractivity contribution in [3.8, 4) is 0 Å². The number of para-hydroxylation sites is 1. The monoisotopic (exact) mass is 202 g/mol. The van der Waals surface area contributed by atoms with E-state index in [4.69, 9.17) is 5.73 Å². The first-order valence-electron chi connectivity index (χ1n) is 5.04.